The third-order valence-electron chi connectivity index (χ3n) is 2.19. The summed E-state index contributed by atoms with van der Waals surface area (Å²) in [5.41, 5.74) is 3.21. The molecular formula is C12H11NO2. The van der Waals surface area contributed by atoms with Crippen molar-refractivity contribution in [1.82, 2.24) is 0 Å². The van der Waals surface area contributed by atoms with Crippen molar-refractivity contribution in [3.8, 4) is 6.07 Å². The summed E-state index contributed by atoms with van der Waals surface area (Å²) < 4.78 is 0. The van der Waals surface area contributed by atoms with Gasteiger partial charge < -0.3 is 5.11 Å². The van der Waals surface area contributed by atoms with Gasteiger partial charge in [0, 0.05) is 6.08 Å². The molecule has 0 bridgehead atoms. The van der Waals surface area contributed by atoms with E-state index in [1.807, 2.05) is 26.0 Å². The third kappa shape index (κ3) is 2.68. The molecule has 0 aromatic heterocycles. The normalized spacial score (nSPS) is 10.2. The molecule has 0 aliphatic rings. The Morgan fingerprint density at radius 1 is 1.40 bits per heavy atom. The lowest BCUT2D eigenvalue weighted by molar-refractivity contribution is -0.131. The van der Waals surface area contributed by atoms with E-state index < -0.39 is 5.97 Å². The molecule has 76 valence electrons. The summed E-state index contributed by atoms with van der Waals surface area (Å²) in [6, 6.07) is 5.62. The highest BCUT2D eigenvalue weighted by Gasteiger charge is 2.02. The zero-order chi connectivity index (χ0) is 11.4. The number of carbonyl (C=O) groups is 1. The van der Waals surface area contributed by atoms with Crippen LogP contribution in [0.2, 0.25) is 0 Å². The van der Waals surface area contributed by atoms with Crippen molar-refractivity contribution >= 4 is 12.0 Å². The Morgan fingerprint density at radius 3 is 2.53 bits per heavy atom. The van der Waals surface area contributed by atoms with E-state index in [1.54, 1.807) is 6.07 Å². The second kappa shape index (κ2) is 4.43. The number of rotatable bonds is 2. The van der Waals surface area contributed by atoms with Crippen LogP contribution in [0.1, 0.15) is 22.3 Å². The predicted octanol–water partition coefficient (Wildman–Crippen LogP) is 2.27. The molecule has 1 aromatic rings. The third-order valence-corrected chi connectivity index (χ3v) is 2.19. The maximum atomic E-state index is 10.4. The van der Waals surface area contributed by atoms with Gasteiger partial charge in [-0.1, -0.05) is 6.07 Å². The molecule has 0 atom stereocenters. The Kier molecular flexibility index (Phi) is 3.25. The number of benzene rings is 1. The first-order valence-corrected chi connectivity index (χ1v) is 4.47. The van der Waals surface area contributed by atoms with E-state index in [-0.39, 0.29) is 0 Å². The quantitative estimate of drug-likeness (QED) is 0.746. The largest absolute Gasteiger partial charge is 0.478 e. The van der Waals surface area contributed by atoms with Gasteiger partial charge in [-0.05, 0) is 42.7 Å². The molecule has 0 unspecified atom stereocenters. The molecule has 0 aliphatic carbocycles. The summed E-state index contributed by atoms with van der Waals surface area (Å²) in [6.07, 6.45) is 2.47. The maximum absolute atomic E-state index is 10.4. The van der Waals surface area contributed by atoms with Crippen LogP contribution in [0.3, 0.4) is 0 Å². The van der Waals surface area contributed by atoms with Crippen LogP contribution >= 0.6 is 0 Å². The van der Waals surface area contributed by atoms with Gasteiger partial charge >= 0.3 is 5.97 Å². The highest BCUT2D eigenvalue weighted by atomic mass is 16.4. The molecule has 3 heteroatoms. The Morgan fingerprint density at radius 2 is 2.00 bits per heavy atom. The van der Waals surface area contributed by atoms with Gasteiger partial charge in [0.2, 0.25) is 0 Å². The molecule has 0 spiro atoms. The first-order chi connectivity index (χ1) is 7.04. The summed E-state index contributed by atoms with van der Waals surface area (Å²) in [4.78, 5) is 10.4. The molecule has 3 nitrogen and oxygen atoms in total. The van der Waals surface area contributed by atoms with Crippen LogP contribution in [0.5, 0.6) is 0 Å². The minimum absolute atomic E-state index is 0.496. The van der Waals surface area contributed by atoms with Crippen molar-refractivity contribution in [3.63, 3.8) is 0 Å². The molecule has 0 saturated carbocycles. The van der Waals surface area contributed by atoms with Crippen molar-refractivity contribution in [2.24, 2.45) is 0 Å². The lowest BCUT2D eigenvalue weighted by Gasteiger charge is -2.03. The second-order valence-electron chi connectivity index (χ2n) is 3.31. The van der Waals surface area contributed by atoms with Crippen molar-refractivity contribution in [3.05, 3.63) is 40.5 Å². The van der Waals surface area contributed by atoms with Gasteiger partial charge in [0.1, 0.15) is 0 Å². The lowest BCUT2D eigenvalue weighted by atomic mass is 10.0. The molecule has 0 amide bonds. The average Bonchev–Trinajstić information content (AvgIpc) is 2.19. The molecule has 0 fully saturated rings. The van der Waals surface area contributed by atoms with E-state index in [0.29, 0.717) is 11.1 Å². The molecule has 0 aliphatic heterocycles. The number of aliphatic carboxylic acids is 1. The van der Waals surface area contributed by atoms with Gasteiger partial charge in [-0.2, -0.15) is 5.26 Å². The van der Waals surface area contributed by atoms with Gasteiger partial charge in [0.25, 0.3) is 0 Å². The smallest absolute Gasteiger partial charge is 0.328 e. The van der Waals surface area contributed by atoms with Crippen LogP contribution in [0.15, 0.2) is 18.2 Å². The van der Waals surface area contributed by atoms with E-state index in [9.17, 15) is 4.79 Å². The molecule has 0 radical (unpaired) electrons. The highest BCUT2D eigenvalue weighted by Crippen LogP contribution is 2.16. The molecule has 0 saturated heterocycles. The second-order valence-corrected chi connectivity index (χ2v) is 3.31. The highest BCUT2D eigenvalue weighted by molar-refractivity contribution is 5.86. The fourth-order valence-electron chi connectivity index (χ4n) is 1.23. The molecule has 15 heavy (non-hydrogen) atoms. The summed E-state index contributed by atoms with van der Waals surface area (Å²) in [5, 5.41) is 17.4. The minimum Gasteiger partial charge on any atom is -0.478 e. The first kappa shape index (κ1) is 11.0. The lowest BCUT2D eigenvalue weighted by Crippen LogP contribution is -1.90. The molecule has 1 rings (SSSR count). The van der Waals surface area contributed by atoms with Crippen LogP contribution < -0.4 is 0 Å². The van der Waals surface area contributed by atoms with Crippen LogP contribution in [-0.2, 0) is 4.79 Å². The van der Waals surface area contributed by atoms with Gasteiger partial charge in [0.15, 0.2) is 0 Å². The fraction of sp³-hybridized carbons (Fsp3) is 0.167. The Labute approximate surface area is 88.3 Å². The standard InChI is InChI=1S/C12H11NO2/c1-8-5-10(3-4-12(14)15)11(7-13)6-9(8)2/h3-6H,1-2H3,(H,14,15)/b4-3+. The molecule has 1 aromatic carbocycles. The number of nitriles is 1. The van der Waals surface area contributed by atoms with Gasteiger partial charge in [0.05, 0.1) is 11.6 Å². The molecule has 1 N–H and O–H groups in total. The van der Waals surface area contributed by atoms with E-state index in [4.69, 9.17) is 10.4 Å². The maximum Gasteiger partial charge on any atom is 0.328 e. The number of nitrogens with zero attached hydrogens (tertiary/aromatic N) is 1. The van der Waals surface area contributed by atoms with Gasteiger partial charge in [-0.15, -0.1) is 0 Å². The average molecular weight is 201 g/mol. The van der Waals surface area contributed by atoms with E-state index in [1.165, 1.54) is 6.08 Å². The Bertz CT molecular complexity index is 467. The fourth-order valence-corrected chi connectivity index (χ4v) is 1.23. The first-order valence-electron chi connectivity index (χ1n) is 4.47. The summed E-state index contributed by atoms with van der Waals surface area (Å²) >= 11 is 0. The number of carboxylic acid groups (broad SMARTS) is 1. The summed E-state index contributed by atoms with van der Waals surface area (Å²) in [5.74, 6) is -1.02. The topological polar surface area (TPSA) is 61.1 Å². The molecular weight excluding hydrogens is 190 g/mol. The van der Waals surface area contributed by atoms with Crippen LogP contribution in [0.4, 0.5) is 0 Å². The number of hydrogen-bond acceptors (Lipinski definition) is 2. The van der Waals surface area contributed by atoms with Crippen molar-refractivity contribution < 1.29 is 9.90 Å². The van der Waals surface area contributed by atoms with Crippen LogP contribution in [0.25, 0.3) is 6.08 Å². The van der Waals surface area contributed by atoms with E-state index in [2.05, 4.69) is 0 Å². The SMILES string of the molecule is Cc1cc(C#N)c(/C=C/C(=O)O)cc1C. The van der Waals surface area contributed by atoms with Crippen LogP contribution in [0, 0.1) is 25.2 Å². The number of carboxylic acids is 1. The van der Waals surface area contributed by atoms with Crippen molar-refractivity contribution in [2.75, 3.05) is 0 Å². The predicted molar refractivity (Wildman–Crippen MR) is 57.3 cm³/mol. The van der Waals surface area contributed by atoms with E-state index in [0.717, 1.165) is 17.2 Å². The summed E-state index contributed by atoms with van der Waals surface area (Å²) in [6.45, 7) is 3.84. The van der Waals surface area contributed by atoms with E-state index >= 15 is 0 Å². The minimum atomic E-state index is -1.02. The monoisotopic (exact) mass is 201 g/mol. The Balaban J connectivity index is 3.23. The van der Waals surface area contributed by atoms with Crippen LogP contribution in [-0.4, -0.2) is 11.1 Å². The number of hydrogen-bond donors (Lipinski definition) is 1. The Hall–Kier alpha value is -2.08. The van der Waals surface area contributed by atoms with Crippen molar-refractivity contribution in [2.45, 2.75) is 13.8 Å². The van der Waals surface area contributed by atoms with Gasteiger partial charge in [-0.3, -0.25) is 0 Å². The van der Waals surface area contributed by atoms with Gasteiger partial charge in [-0.25, -0.2) is 4.79 Å². The number of aryl methyl sites for hydroxylation is 2. The summed E-state index contributed by atoms with van der Waals surface area (Å²) in [7, 11) is 0. The zero-order valence-corrected chi connectivity index (χ0v) is 8.61. The zero-order valence-electron chi connectivity index (χ0n) is 8.61. The van der Waals surface area contributed by atoms with Crippen molar-refractivity contribution in [1.29, 1.82) is 5.26 Å². The molecule has 0 heterocycles.